The Bertz CT molecular complexity index is 761. The van der Waals surface area contributed by atoms with E-state index in [9.17, 15) is 4.39 Å². The molecule has 2 aromatic carbocycles. The number of alkyl halides is 1. The molecule has 2 aromatic rings. The highest BCUT2D eigenvalue weighted by Gasteiger charge is 2.13. The van der Waals surface area contributed by atoms with E-state index in [4.69, 9.17) is 32.7 Å². The quantitative estimate of drug-likeness (QED) is 0.576. The van der Waals surface area contributed by atoms with Crippen molar-refractivity contribution in [3.8, 4) is 11.5 Å². The second kappa shape index (κ2) is 8.97. The zero-order chi connectivity index (χ0) is 18.4. The summed E-state index contributed by atoms with van der Waals surface area (Å²) in [6.45, 7) is 2.30. The molecule has 2 rings (SSSR count). The Kier molecular flexibility index (Phi) is 6.97. The number of rotatable bonds is 7. The Morgan fingerprint density at radius 1 is 1.24 bits per heavy atom. The summed E-state index contributed by atoms with van der Waals surface area (Å²) in [5, 5.41) is 0.588. The molecule has 0 amide bonds. The fraction of sp³-hybridized carbons (Fsp3) is 0.263. The van der Waals surface area contributed by atoms with Crippen LogP contribution < -0.4 is 14.4 Å². The highest BCUT2D eigenvalue weighted by Crippen LogP contribution is 2.33. The van der Waals surface area contributed by atoms with Gasteiger partial charge in [0.2, 0.25) is 0 Å². The van der Waals surface area contributed by atoms with E-state index >= 15 is 0 Å². The minimum absolute atomic E-state index is 0.0317. The Morgan fingerprint density at radius 3 is 2.64 bits per heavy atom. The highest BCUT2D eigenvalue weighted by atomic mass is 35.5. The van der Waals surface area contributed by atoms with Crippen molar-refractivity contribution in [1.82, 2.24) is 0 Å². The number of methoxy groups -OCH3 is 1. The van der Waals surface area contributed by atoms with Crippen LogP contribution in [0.15, 0.2) is 41.4 Å². The summed E-state index contributed by atoms with van der Waals surface area (Å²) in [6.07, 6.45) is 1.75. The largest absolute Gasteiger partial charge is 0.497 e. The molecule has 6 heteroatoms. The summed E-state index contributed by atoms with van der Waals surface area (Å²) in [5.74, 6) is 0.996. The number of hydrogen-bond donors (Lipinski definition) is 0. The van der Waals surface area contributed by atoms with E-state index in [0.717, 1.165) is 16.8 Å². The van der Waals surface area contributed by atoms with Gasteiger partial charge in [-0.3, -0.25) is 0 Å². The maximum absolute atomic E-state index is 13.6. The summed E-state index contributed by atoms with van der Waals surface area (Å²) in [6, 6.07) is 10.2. The SMILES string of the molecule is COc1ccc(N(C)Cc2ccc(F)cc2/C=C(/C)Cl)c(OCCl)c1. The zero-order valence-corrected chi connectivity index (χ0v) is 15.9. The summed E-state index contributed by atoms with van der Waals surface area (Å²) in [4.78, 5) is 2.00. The molecule has 0 N–H and O–H groups in total. The van der Waals surface area contributed by atoms with Crippen molar-refractivity contribution in [2.24, 2.45) is 0 Å². The van der Waals surface area contributed by atoms with E-state index in [0.29, 0.717) is 23.1 Å². The fourth-order valence-electron chi connectivity index (χ4n) is 2.51. The van der Waals surface area contributed by atoms with Crippen molar-refractivity contribution in [3.05, 3.63) is 58.4 Å². The Labute approximate surface area is 157 Å². The lowest BCUT2D eigenvalue weighted by Gasteiger charge is -2.23. The van der Waals surface area contributed by atoms with Gasteiger partial charge in [-0.2, -0.15) is 0 Å². The van der Waals surface area contributed by atoms with E-state index in [2.05, 4.69) is 0 Å². The van der Waals surface area contributed by atoms with Gasteiger partial charge in [0.05, 0.1) is 12.8 Å². The van der Waals surface area contributed by atoms with E-state index in [-0.39, 0.29) is 11.9 Å². The Hall–Kier alpha value is -1.91. The molecule has 0 fully saturated rings. The molecule has 0 aliphatic carbocycles. The Morgan fingerprint density at radius 2 is 2.00 bits per heavy atom. The van der Waals surface area contributed by atoms with Gasteiger partial charge >= 0.3 is 0 Å². The third-order valence-corrected chi connectivity index (χ3v) is 3.88. The van der Waals surface area contributed by atoms with E-state index in [1.54, 1.807) is 32.2 Å². The molecule has 3 nitrogen and oxygen atoms in total. The summed E-state index contributed by atoms with van der Waals surface area (Å²) in [7, 11) is 3.52. The number of nitrogens with zero attached hydrogens (tertiary/aromatic N) is 1. The minimum atomic E-state index is -0.300. The molecule has 0 aliphatic rings. The number of halogens is 3. The smallest absolute Gasteiger partial charge is 0.162 e. The van der Waals surface area contributed by atoms with Gasteiger partial charge in [0.1, 0.15) is 17.3 Å². The van der Waals surface area contributed by atoms with Crippen LogP contribution in [0.3, 0.4) is 0 Å². The molecule has 0 atom stereocenters. The zero-order valence-electron chi connectivity index (χ0n) is 14.4. The van der Waals surface area contributed by atoms with Gasteiger partial charge in [-0.15, -0.1) is 0 Å². The highest BCUT2D eigenvalue weighted by molar-refractivity contribution is 6.31. The second-order valence-corrected chi connectivity index (χ2v) is 6.33. The lowest BCUT2D eigenvalue weighted by atomic mass is 10.1. The van der Waals surface area contributed by atoms with Gasteiger partial charge in [0.25, 0.3) is 0 Å². The average molecular weight is 384 g/mol. The molecule has 0 spiro atoms. The van der Waals surface area contributed by atoms with Crippen LogP contribution in [-0.2, 0) is 6.54 Å². The molecule has 0 heterocycles. The third-order valence-electron chi connectivity index (χ3n) is 3.66. The number of ether oxygens (including phenoxy) is 2. The molecule has 0 radical (unpaired) electrons. The van der Waals surface area contributed by atoms with Gasteiger partial charge in [-0.1, -0.05) is 29.3 Å². The fourth-order valence-corrected chi connectivity index (χ4v) is 2.75. The number of anilines is 1. The molecule has 0 unspecified atom stereocenters. The Balaban J connectivity index is 2.34. The molecular weight excluding hydrogens is 364 g/mol. The maximum Gasteiger partial charge on any atom is 0.162 e. The van der Waals surface area contributed by atoms with Crippen molar-refractivity contribution in [3.63, 3.8) is 0 Å². The van der Waals surface area contributed by atoms with Crippen LogP contribution in [0.25, 0.3) is 6.08 Å². The van der Waals surface area contributed by atoms with Gasteiger partial charge in [0, 0.05) is 24.7 Å². The number of benzene rings is 2. The van der Waals surface area contributed by atoms with Crippen molar-refractivity contribution >= 4 is 35.0 Å². The normalized spacial score (nSPS) is 11.4. The van der Waals surface area contributed by atoms with Crippen molar-refractivity contribution in [2.75, 3.05) is 25.1 Å². The molecular formula is C19H20Cl2FNO2. The first kappa shape index (κ1) is 19.4. The molecule has 0 saturated heterocycles. The van der Waals surface area contributed by atoms with Gasteiger partial charge in [-0.05, 0) is 48.4 Å². The van der Waals surface area contributed by atoms with E-state index in [1.807, 2.05) is 24.1 Å². The number of hydrogen-bond acceptors (Lipinski definition) is 3. The van der Waals surface area contributed by atoms with Crippen LogP contribution in [0.5, 0.6) is 11.5 Å². The predicted molar refractivity (Wildman–Crippen MR) is 102 cm³/mol. The van der Waals surface area contributed by atoms with Crippen LogP contribution >= 0.6 is 23.2 Å². The van der Waals surface area contributed by atoms with E-state index < -0.39 is 0 Å². The molecule has 0 saturated carbocycles. The predicted octanol–water partition coefficient (Wildman–Crippen LogP) is 5.65. The van der Waals surface area contributed by atoms with Crippen molar-refractivity contribution in [2.45, 2.75) is 13.5 Å². The average Bonchev–Trinajstić information content (AvgIpc) is 2.57. The monoisotopic (exact) mass is 383 g/mol. The second-order valence-electron chi connectivity index (χ2n) is 5.52. The van der Waals surface area contributed by atoms with Gasteiger partial charge in [0.15, 0.2) is 6.07 Å². The van der Waals surface area contributed by atoms with Crippen LogP contribution in [0.2, 0.25) is 0 Å². The summed E-state index contributed by atoms with van der Waals surface area (Å²) < 4.78 is 24.3. The van der Waals surface area contributed by atoms with Crippen molar-refractivity contribution < 1.29 is 13.9 Å². The molecule has 0 aromatic heterocycles. The van der Waals surface area contributed by atoms with Crippen LogP contribution in [0, 0.1) is 5.82 Å². The molecule has 134 valence electrons. The molecule has 25 heavy (non-hydrogen) atoms. The standard InChI is InChI=1S/C19H20Cl2FNO2/c1-13(21)8-15-9-16(22)5-4-14(15)11-23(2)18-7-6-17(24-3)10-19(18)25-12-20/h4-10H,11-12H2,1-3H3/b13-8-. The first-order chi connectivity index (χ1) is 11.9. The maximum atomic E-state index is 13.6. The lowest BCUT2D eigenvalue weighted by molar-refractivity contribution is 0.377. The van der Waals surface area contributed by atoms with Crippen molar-refractivity contribution in [1.29, 1.82) is 0 Å². The first-order valence-electron chi connectivity index (χ1n) is 7.64. The first-order valence-corrected chi connectivity index (χ1v) is 8.56. The summed E-state index contributed by atoms with van der Waals surface area (Å²) in [5.41, 5.74) is 2.53. The molecule has 0 aliphatic heterocycles. The van der Waals surface area contributed by atoms with Gasteiger partial charge in [-0.25, -0.2) is 4.39 Å². The van der Waals surface area contributed by atoms with E-state index in [1.165, 1.54) is 12.1 Å². The number of allylic oxidation sites excluding steroid dienone is 1. The topological polar surface area (TPSA) is 21.7 Å². The third kappa shape index (κ3) is 5.28. The van der Waals surface area contributed by atoms with Crippen LogP contribution in [0.4, 0.5) is 10.1 Å². The minimum Gasteiger partial charge on any atom is -0.497 e. The van der Waals surface area contributed by atoms with Gasteiger partial charge < -0.3 is 14.4 Å². The lowest BCUT2D eigenvalue weighted by Crippen LogP contribution is -2.18. The van der Waals surface area contributed by atoms with Crippen LogP contribution in [0.1, 0.15) is 18.1 Å². The summed E-state index contributed by atoms with van der Waals surface area (Å²) >= 11 is 11.7. The van der Waals surface area contributed by atoms with Crippen LogP contribution in [-0.4, -0.2) is 20.2 Å². The molecule has 0 bridgehead atoms.